The van der Waals surface area contributed by atoms with Gasteiger partial charge in [0.2, 0.25) is 0 Å². The van der Waals surface area contributed by atoms with Gasteiger partial charge < -0.3 is 14.3 Å². The van der Waals surface area contributed by atoms with Gasteiger partial charge in [0.05, 0.1) is 6.61 Å². The molecule has 0 spiro atoms. The summed E-state index contributed by atoms with van der Waals surface area (Å²) in [5, 5.41) is 0. The van der Waals surface area contributed by atoms with E-state index in [4.69, 9.17) is 0 Å². The molecule has 7 heteroatoms. The van der Waals surface area contributed by atoms with E-state index in [1.165, 1.54) is 12.1 Å². The third kappa shape index (κ3) is 4.61. The van der Waals surface area contributed by atoms with Gasteiger partial charge in [0.25, 0.3) is 0 Å². The van der Waals surface area contributed by atoms with Gasteiger partial charge in [0, 0.05) is 0 Å². The summed E-state index contributed by atoms with van der Waals surface area (Å²) in [6.07, 6.45) is -4.52. The van der Waals surface area contributed by atoms with Crippen molar-refractivity contribution in [1.29, 1.82) is 0 Å². The molecule has 1 aromatic carbocycles. The van der Waals surface area contributed by atoms with Gasteiger partial charge in [-0.15, -0.1) is 13.2 Å². The molecule has 0 aliphatic rings. The predicted octanol–water partition coefficient (Wildman–Crippen LogP) is 2.43. The van der Waals surface area contributed by atoms with Crippen molar-refractivity contribution in [2.24, 2.45) is 0 Å². The maximum absolute atomic E-state index is 12.1. The van der Waals surface area contributed by atoms with Gasteiger partial charge in [-0.2, -0.15) is 0 Å². The van der Waals surface area contributed by atoms with Crippen LogP contribution in [0.3, 0.4) is 0 Å². The van der Waals surface area contributed by atoms with Crippen molar-refractivity contribution in [3.63, 3.8) is 0 Å². The van der Waals surface area contributed by atoms with Gasteiger partial charge >= 0.3 is 12.3 Å². The number of ether oxygens (including phenoxy) is 2. The van der Waals surface area contributed by atoms with E-state index in [-0.39, 0.29) is 12.2 Å². The zero-order valence-corrected chi connectivity index (χ0v) is 9.94. The summed E-state index contributed by atoms with van der Waals surface area (Å²) in [6.45, 7) is 1.63. The molecule has 0 saturated carbocycles. The van der Waals surface area contributed by atoms with Gasteiger partial charge in [-0.05, 0) is 24.6 Å². The van der Waals surface area contributed by atoms with Gasteiger partial charge in [-0.3, -0.25) is 4.79 Å². The highest BCUT2D eigenvalue weighted by Crippen LogP contribution is 2.26. The minimum absolute atomic E-state index is 0.0713. The molecule has 0 heterocycles. The van der Waals surface area contributed by atoms with Crippen molar-refractivity contribution >= 4 is 12.3 Å². The minimum Gasteiger partial charge on any atom is -0.465 e. The third-order valence-corrected chi connectivity index (χ3v) is 2.13. The van der Waals surface area contributed by atoms with Crippen molar-refractivity contribution in [2.75, 3.05) is 6.61 Å². The number of carbonyl (C=O) groups excluding carboxylic acids is 2. The summed E-state index contributed by atoms with van der Waals surface area (Å²) in [7, 11) is 0. The highest BCUT2D eigenvalue weighted by atomic mass is 19.4. The Bertz CT molecular complexity index is 457. The normalized spacial score (nSPS) is 12.6. The molecule has 0 bridgehead atoms. The number of aldehydes is 1. The monoisotopic (exact) mass is 276 g/mol. The average Bonchev–Trinajstić information content (AvgIpc) is 2.28. The largest absolute Gasteiger partial charge is 0.573 e. The number of halogens is 3. The summed E-state index contributed by atoms with van der Waals surface area (Å²) in [5.41, 5.74) is 0.0789. The summed E-state index contributed by atoms with van der Waals surface area (Å²) < 4.78 is 44.5. The zero-order valence-electron chi connectivity index (χ0n) is 9.94. The van der Waals surface area contributed by atoms with Crippen LogP contribution in [-0.2, 0) is 14.3 Å². The number of hydrogen-bond acceptors (Lipinski definition) is 4. The number of carbonyl (C=O) groups is 2. The van der Waals surface area contributed by atoms with Crippen LogP contribution < -0.4 is 4.74 Å². The second-order valence-electron chi connectivity index (χ2n) is 3.49. The molecule has 0 radical (unpaired) electrons. The summed E-state index contributed by atoms with van der Waals surface area (Å²) >= 11 is 0. The van der Waals surface area contributed by atoms with Crippen LogP contribution in [0.1, 0.15) is 18.4 Å². The van der Waals surface area contributed by atoms with Crippen LogP contribution in [0.25, 0.3) is 0 Å². The lowest BCUT2D eigenvalue weighted by Gasteiger charge is -2.12. The minimum atomic E-state index is -4.83. The highest BCUT2D eigenvalue weighted by molar-refractivity contribution is 5.94. The lowest BCUT2D eigenvalue weighted by molar-refractivity contribution is -0.274. The Balaban J connectivity index is 2.96. The predicted molar refractivity (Wildman–Crippen MR) is 58.6 cm³/mol. The number of hydrogen-bond donors (Lipinski definition) is 0. The second kappa shape index (κ2) is 6.21. The first-order chi connectivity index (χ1) is 8.87. The number of esters is 1. The van der Waals surface area contributed by atoms with Crippen molar-refractivity contribution < 1.29 is 32.2 Å². The Kier molecular flexibility index (Phi) is 4.91. The number of rotatable bonds is 5. The molecule has 1 aromatic rings. The molecule has 0 aliphatic carbocycles. The Morgan fingerprint density at radius 2 is 2.11 bits per heavy atom. The van der Waals surface area contributed by atoms with Gasteiger partial charge in [0.1, 0.15) is 18.0 Å². The molecular weight excluding hydrogens is 265 g/mol. The molecule has 0 saturated heterocycles. The molecule has 1 unspecified atom stereocenters. The van der Waals surface area contributed by atoms with Crippen LogP contribution in [0, 0.1) is 0 Å². The summed E-state index contributed by atoms with van der Waals surface area (Å²) in [4.78, 5) is 22.3. The van der Waals surface area contributed by atoms with Gasteiger partial charge in [0.15, 0.2) is 0 Å². The Hall–Kier alpha value is -2.05. The fourth-order valence-electron chi connectivity index (χ4n) is 1.41. The Labute approximate surface area is 107 Å². The molecule has 0 N–H and O–H groups in total. The number of alkyl halides is 3. The van der Waals surface area contributed by atoms with Crippen molar-refractivity contribution in [1.82, 2.24) is 0 Å². The smallest absolute Gasteiger partial charge is 0.465 e. The van der Waals surface area contributed by atoms with E-state index in [9.17, 15) is 22.8 Å². The van der Waals surface area contributed by atoms with Crippen LogP contribution in [-0.4, -0.2) is 25.2 Å². The maximum atomic E-state index is 12.1. The molecule has 19 heavy (non-hydrogen) atoms. The van der Waals surface area contributed by atoms with Crippen LogP contribution >= 0.6 is 0 Å². The quantitative estimate of drug-likeness (QED) is 0.471. The van der Waals surface area contributed by atoms with E-state index in [1.807, 2.05) is 0 Å². The summed E-state index contributed by atoms with van der Waals surface area (Å²) in [5.74, 6) is -2.58. The second-order valence-corrected chi connectivity index (χ2v) is 3.49. The first kappa shape index (κ1) is 15.0. The fraction of sp³-hybridized carbons (Fsp3) is 0.333. The zero-order chi connectivity index (χ0) is 14.5. The Morgan fingerprint density at radius 3 is 2.63 bits per heavy atom. The fourth-order valence-corrected chi connectivity index (χ4v) is 1.41. The van der Waals surface area contributed by atoms with Crippen LogP contribution in [0.2, 0.25) is 0 Å². The SMILES string of the molecule is CCOC(=O)C(C=O)c1cccc(OC(F)(F)F)c1. The maximum Gasteiger partial charge on any atom is 0.573 e. The van der Waals surface area contributed by atoms with E-state index >= 15 is 0 Å². The van der Waals surface area contributed by atoms with Crippen LogP contribution in [0.4, 0.5) is 13.2 Å². The molecule has 104 valence electrons. The van der Waals surface area contributed by atoms with E-state index in [0.29, 0.717) is 6.29 Å². The molecule has 0 aromatic heterocycles. The molecule has 0 amide bonds. The number of benzene rings is 1. The molecule has 1 rings (SSSR count). The topological polar surface area (TPSA) is 52.6 Å². The first-order valence-electron chi connectivity index (χ1n) is 5.35. The molecule has 0 aliphatic heterocycles. The van der Waals surface area contributed by atoms with Gasteiger partial charge in [-0.25, -0.2) is 0 Å². The lowest BCUT2D eigenvalue weighted by atomic mass is 10.0. The van der Waals surface area contributed by atoms with Crippen molar-refractivity contribution in [3.05, 3.63) is 29.8 Å². The van der Waals surface area contributed by atoms with E-state index < -0.39 is 24.0 Å². The molecule has 1 atom stereocenters. The highest BCUT2D eigenvalue weighted by Gasteiger charge is 2.31. The van der Waals surface area contributed by atoms with Gasteiger partial charge in [-0.1, -0.05) is 12.1 Å². The van der Waals surface area contributed by atoms with Crippen molar-refractivity contribution in [2.45, 2.75) is 19.2 Å². The van der Waals surface area contributed by atoms with Crippen LogP contribution in [0.5, 0.6) is 5.75 Å². The van der Waals surface area contributed by atoms with E-state index in [1.54, 1.807) is 6.92 Å². The van der Waals surface area contributed by atoms with Crippen LogP contribution in [0.15, 0.2) is 24.3 Å². The molecule has 0 fully saturated rings. The first-order valence-corrected chi connectivity index (χ1v) is 5.35. The standard InChI is InChI=1S/C12H11F3O4/c1-2-18-11(17)10(7-16)8-4-3-5-9(6-8)19-12(13,14)15/h3-7,10H,2H2,1H3. The third-order valence-electron chi connectivity index (χ3n) is 2.13. The molecular formula is C12H11F3O4. The molecule has 4 nitrogen and oxygen atoms in total. The van der Waals surface area contributed by atoms with E-state index in [2.05, 4.69) is 9.47 Å². The van der Waals surface area contributed by atoms with E-state index in [0.717, 1.165) is 12.1 Å². The summed E-state index contributed by atoms with van der Waals surface area (Å²) in [6, 6.07) is 4.65. The Morgan fingerprint density at radius 1 is 1.42 bits per heavy atom. The average molecular weight is 276 g/mol. The van der Waals surface area contributed by atoms with Crippen molar-refractivity contribution in [3.8, 4) is 5.75 Å². The lowest BCUT2D eigenvalue weighted by Crippen LogP contribution is -2.19.